The summed E-state index contributed by atoms with van der Waals surface area (Å²) in [5.41, 5.74) is 2.39. The normalized spacial score (nSPS) is 14.1. The van der Waals surface area contributed by atoms with Gasteiger partial charge in [0.2, 0.25) is 0 Å². The van der Waals surface area contributed by atoms with Crippen LogP contribution in [0.5, 0.6) is 5.75 Å². The monoisotopic (exact) mass is 191 g/mol. The average molecular weight is 191 g/mol. The number of hydrogen-bond donors (Lipinski definition) is 2. The van der Waals surface area contributed by atoms with Crippen molar-refractivity contribution in [3.8, 4) is 5.75 Å². The summed E-state index contributed by atoms with van der Waals surface area (Å²) in [6.45, 7) is 4.21. The summed E-state index contributed by atoms with van der Waals surface area (Å²) in [4.78, 5) is 0. The molecule has 0 spiro atoms. The Morgan fingerprint density at radius 3 is 2.43 bits per heavy atom. The highest BCUT2D eigenvalue weighted by atomic mass is 16.3. The minimum Gasteiger partial charge on any atom is -0.508 e. The molecule has 2 nitrogen and oxygen atoms in total. The molecule has 0 saturated heterocycles. The summed E-state index contributed by atoms with van der Waals surface area (Å²) in [7, 11) is 1.94. The summed E-state index contributed by atoms with van der Waals surface area (Å²) in [6, 6.07) is 7.58. The minimum absolute atomic E-state index is 0.307. The van der Waals surface area contributed by atoms with Gasteiger partial charge in [-0.05, 0) is 38.6 Å². The Hall–Kier alpha value is -1.28. The molecule has 0 aliphatic heterocycles. The van der Waals surface area contributed by atoms with E-state index >= 15 is 0 Å². The lowest BCUT2D eigenvalue weighted by atomic mass is 10.1. The van der Waals surface area contributed by atoms with Crippen LogP contribution < -0.4 is 5.32 Å². The van der Waals surface area contributed by atoms with E-state index in [1.165, 1.54) is 5.57 Å². The number of likely N-dealkylation sites (N-methyl/N-ethyl adjacent to an activating group) is 1. The van der Waals surface area contributed by atoms with E-state index in [2.05, 4.69) is 25.2 Å². The van der Waals surface area contributed by atoms with Gasteiger partial charge in [0.05, 0.1) is 0 Å². The number of hydrogen-bond acceptors (Lipinski definition) is 2. The summed E-state index contributed by atoms with van der Waals surface area (Å²) in [5.74, 6) is 0.307. The molecule has 0 radical (unpaired) electrons. The standard InChI is InChI=1S/C12H17NO/c1-9(10(2)13-3)8-11-4-6-12(14)7-5-11/h4-8,10,13-14H,1-3H3/b9-8+. The molecule has 1 aromatic rings. The van der Waals surface area contributed by atoms with Gasteiger partial charge in [0.25, 0.3) is 0 Å². The molecule has 0 bridgehead atoms. The summed E-state index contributed by atoms with van der Waals surface area (Å²) in [6.07, 6.45) is 2.11. The second-order valence-corrected chi connectivity index (χ2v) is 3.49. The van der Waals surface area contributed by atoms with Gasteiger partial charge in [0.1, 0.15) is 5.75 Å². The van der Waals surface area contributed by atoms with Gasteiger partial charge < -0.3 is 10.4 Å². The highest BCUT2D eigenvalue weighted by molar-refractivity contribution is 5.54. The van der Waals surface area contributed by atoms with Gasteiger partial charge in [-0.25, -0.2) is 0 Å². The molecule has 1 rings (SSSR count). The molecule has 0 heterocycles. The highest BCUT2D eigenvalue weighted by Crippen LogP contribution is 2.13. The molecule has 0 saturated carbocycles. The lowest BCUT2D eigenvalue weighted by Gasteiger charge is -2.10. The van der Waals surface area contributed by atoms with Crippen molar-refractivity contribution in [3.63, 3.8) is 0 Å². The Morgan fingerprint density at radius 1 is 1.36 bits per heavy atom. The van der Waals surface area contributed by atoms with Crippen molar-refractivity contribution in [1.82, 2.24) is 5.32 Å². The van der Waals surface area contributed by atoms with Gasteiger partial charge in [-0.1, -0.05) is 23.8 Å². The van der Waals surface area contributed by atoms with Crippen molar-refractivity contribution in [1.29, 1.82) is 0 Å². The van der Waals surface area contributed by atoms with Gasteiger partial charge in [-0.15, -0.1) is 0 Å². The van der Waals surface area contributed by atoms with Crippen molar-refractivity contribution in [2.45, 2.75) is 19.9 Å². The molecule has 0 amide bonds. The largest absolute Gasteiger partial charge is 0.508 e. The molecule has 2 heteroatoms. The summed E-state index contributed by atoms with van der Waals surface area (Å²) in [5, 5.41) is 12.3. The van der Waals surface area contributed by atoms with E-state index in [1.54, 1.807) is 12.1 Å². The number of phenols is 1. The Kier molecular flexibility index (Phi) is 3.72. The first-order chi connectivity index (χ1) is 6.63. The van der Waals surface area contributed by atoms with E-state index in [-0.39, 0.29) is 0 Å². The fourth-order valence-electron chi connectivity index (χ4n) is 1.19. The molecule has 1 atom stereocenters. The molecule has 76 valence electrons. The van der Waals surface area contributed by atoms with Crippen molar-refractivity contribution >= 4 is 6.08 Å². The van der Waals surface area contributed by atoms with Crippen LogP contribution in [0.2, 0.25) is 0 Å². The smallest absolute Gasteiger partial charge is 0.115 e. The summed E-state index contributed by atoms with van der Waals surface area (Å²) < 4.78 is 0. The third-order valence-electron chi connectivity index (χ3n) is 2.40. The Bertz CT molecular complexity index is 314. The predicted molar refractivity (Wildman–Crippen MR) is 60.3 cm³/mol. The summed E-state index contributed by atoms with van der Waals surface area (Å²) >= 11 is 0. The highest BCUT2D eigenvalue weighted by Gasteiger charge is 1.99. The van der Waals surface area contributed by atoms with Gasteiger partial charge in [-0.2, -0.15) is 0 Å². The Balaban J connectivity index is 2.81. The van der Waals surface area contributed by atoms with E-state index < -0.39 is 0 Å². The third-order valence-corrected chi connectivity index (χ3v) is 2.40. The zero-order chi connectivity index (χ0) is 10.6. The van der Waals surface area contributed by atoms with Crippen LogP contribution in [-0.4, -0.2) is 18.2 Å². The second-order valence-electron chi connectivity index (χ2n) is 3.49. The number of phenolic OH excluding ortho intramolecular Hbond substituents is 1. The third kappa shape index (κ3) is 2.89. The quantitative estimate of drug-likeness (QED) is 0.769. The van der Waals surface area contributed by atoms with Crippen LogP contribution in [0.15, 0.2) is 29.8 Å². The molecule has 0 aromatic heterocycles. The van der Waals surface area contributed by atoms with E-state index in [0.717, 1.165) is 5.56 Å². The maximum Gasteiger partial charge on any atom is 0.115 e. The molecular formula is C12H17NO. The SMILES string of the molecule is CNC(C)/C(C)=C/c1ccc(O)cc1. The van der Waals surface area contributed by atoms with E-state index in [9.17, 15) is 0 Å². The Labute approximate surface area is 85.3 Å². The van der Waals surface area contributed by atoms with Crippen LogP contribution in [0, 0.1) is 0 Å². The van der Waals surface area contributed by atoms with Crippen LogP contribution in [0.3, 0.4) is 0 Å². The van der Waals surface area contributed by atoms with Gasteiger partial charge in [0.15, 0.2) is 0 Å². The number of rotatable bonds is 3. The molecule has 0 fully saturated rings. The maximum absolute atomic E-state index is 9.11. The van der Waals surface area contributed by atoms with Crippen LogP contribution in [-0.2, 0) is 0 Å². The van der Waals surface area contributed by atoms with Crippen LogP contribution >= 0.6 is 0 Å². The van der Waals surface area contributed by atoms with Crippen molar-refractivity contribution in [2.75, 3.05) is 7.05 Å². The van der Waals surface area contributed by atoms with E-state index in [1.807, 2.05) is 19.2 Å². The van der Waals surface area contributed by atoms with Crippen molar-refractivity contribution < 1.29 is 5.11 Å². The average Bonchev–Trinajstić information content (AvgIpc) is 2.20. The van der Waals surface area contributed by atoms with Crippen molar-refractivity contribution in [3.05, 3.63) is 35.4 Å². The molecule has 0 aliphatic rings. The molecule has 0 aliphatic carbocycles. The number of aromatic hydroxyl groups is 1. The molecule has 1 unspecified atom stereocenters. The van der Waals surface area contributed by atoms with Gasteiger partial charge in [0, 0.05) is 6.04 Å². The predicted octanol–water partition coefficient (Wildman–Crippen LogP) is 2.40. The molecule has 14 heavy (non-hydrogen) atoms. The lowest BCUT2D eigenvalue weighted by molar-refractivity contribution is 0.475. The second kappa shape index (κ2) is 4.82. The number of nitrogens with one attached hydrogen (secondary N) is 1. The van der Waals surface area contributed by atoms with Gasteiger partial charge >= 0.3 is 0 Å². The first-order valence-electron chi connectivity index (χ1n) is 4.78. The maximum atomic E-state index is 9.11. The first kappa shape index (κ1) is 10.8. The van der Waals surface area contributed by atoms with Crippen LogP contribution in [0.1, 0.15) is 19.4 Å². The zero-order valence-corrected chi connectivity index (χ0v) is 8.91. The zero-order valence-electron chi connectivity index (χ0n) is 8.91. The fraction of sp³-hybridized carbons (Fsp3) is 0.333. The first-order valence-corrected chi connectivity index (χ1v) is 4.78. The van der Waals surface area contributed by atoms with E-state index in [4.69, 9.17) is 5.11 Å². The molecular weight excluding hydrogens is 174 g/mol. The minimum atomic E-state index is 0.307. The Morgan fingerprint density at radius 2 is 1.93 bits per heavy atom. The van der Waals surface area contributed by atoms with Crippen LogP contribution in [0.4, 0.5) is 0 Å². The molecule has 1 aromatic carbocycles. The van der Waals surface area contributed by atoms with Crippen LogP contribution in [0.25, 0.3) is 6.08 Å². The van der Waals surface area contributed by atoms with Crippen molar-refractivity contribution in [2.24, 2.45) is 0 Å². The van der Waals surface area contributed by atoms with Gasteiger partial charge in [-0.3, -0.25) is 0 Å². The van der Waals surface area contributed by atoms with E-state index in [0.29, 0.717) is 11.8 Å². The topological polar surface area (TPSA) is 32.3 Å². The fourth-order valence-corrected chi connectivity index (χ4v) is 1.19. The molecule has 2 N–H and O–H groups in total. The number of benzene rings is 1. The lowest BCUT2D eigenvalue weighted by Crippen LogP contribution is -2.21.